The molecular formula is C22H35N3O3. The molecule has 2 fully saturated rings. The topological polar surface area (TPSA) is 68.0 Å². The predicted molar refractivity (Wildman–Crippen MR) is 110 cm³/mol. The van der Waals surface area contributed by atoms with Crippen molar-refractivity contribution in [1.82, 2.24) is 9.80 Å². The van der Waals surface area contributed by atoms with Crippen molar-refractivity contribution < 1.29 is 14.3 Å². The maximum Gasteiger partial charge on any atom is 0.243 e. The summed E-state index contributed by atoms with van der Waals surface area (Å²) in [5.41, 5.74) is 6.69. The first kappa shape index (κ1) is 21.1. The largest absolute Gasteiger partial charge is 0.494 e. The van der Waals surface area contributed by atoms with Gasteiger partial charge in [-0.25, -0.2) is 0 Å². The number of ether oxygens (including phenoxy) is 2. The first-order valence-corrected chi connectivity index (χ1v) is 10.5. The molecule has 6 heteroatoms. The summed E-state index contributed by atoms with van der Waals surface area (Å²) in [7, 11) is 0. The van der Waals surface area contributed by atoms with Crippen LogP contribution in [-0.2, 0) is 16.1 Å². The Kier molecular flexibility index (Phi) is 6.32. The van der Waals surface area contributed by atoms with Gasteiger partial charge in [-0.15, -0.1) is 0 Å². The number of hydrogen-bond donors (Lipinski definition) is 1. The third-order valence-corrected chi connectivity index (χ3v) is 6.51. The number of nitrogens with two attached hydrogens (primary N) is 1. The van der Waals surface area contributed by atoms with Gasteiger partial charge in [-0.2, -0.15) is 0 Å². The molecule has 1 aliphatic carbocycles. The normalized spacial score (nSPS) is 27.3. The molecule has 1 saturated heterocycles. The van der Waals surface area contributed by atoms with E-state index in [-0.39, 0.29) is 17.4 Å². The van der Waals surface area contributed by atoms with Gasteiger partial charge in [0.05, 0.1) is 12.7 Å². The lowest BCUT2D eigenvalue weighted by molar-refractivity contribution is -0.180. The average Bonchev–Trinajstić information content (AvgIpc) is 2.69. The third kappa shape index (κ3) is 3.91. The van der Waals surface area contributed by atoms with Crippen molar-refractivity contribution >= 4 is 5.91 Å². The van der Waals surface area contributed by atoms with E-state index in [1.165, 1.54) is 5.56 Å². The highest BCUT2D eigenvalue weighted by Crippen LogP contribution is 2.50. The Balaban J connectivity index is 1.52. The first-order chi connectivity index (χ1) is 13.3. The van der Waals surface area contributed by atoms with Crippen LogP contribution in [0.25, 0.3) is 0 Å². The molecule has 0 aromatic heterocycles. The number of nitrogens with zero attached hydrogens (tertiary/aromatic N) is 2. The van der Waals surface area contributed by atoms with Crippen LogP contribution in [-0.4, -0.2) is 66.7 Å². The van der Waals surface area contributed by atoms with Crippen LogP contribution >= 0.6 is 0 Å². The molecule has 3 rings (SSSR count). The predicted octanol–water partition coefficient (Wildman–Crippen LogP) is 2.26. The summed E-state index contributed by atoms with van der Waals surface area (Å²) in [6.45, 7) is 13.5. The number of hydrogen-bond acceptors (Lipinski definition) is 5. The molecule has 1 heterocycles. The molecule has 1 aromatic carbocycles. The molecule has 1 amide bonds. The van der Waals surface area contributed by atoms with Crippen molar-refractivity contribution in [2.45, 2.75) is 52.3 Å². The Morgan fingerprint density at radius 3 is 2.29 bits per heavy atom. The smallest absolute Gasteiger partial charge is 0.243 e. The van der Waals surface area contributed by atoms with Crippen LogP contribution in [0.5, 0.6) is 5.75 Å². The van der Waals surface area contributed by atoms with Gasteiger partial charge >= 0.3 is 0 Å². The Hall–Kier alpha value is -1.63. The number of benzene rings is 1. The molecule has 2 N–H and O–H groups in total. The molecule has 0 bridgehead atoms. The molecule has 1 aromatic rings. The van der Waals surface area contributed by atoms with E-state index < -0.39 is 5.54 Å². The van der Waals surface area contributed by atoms with Crippen LogP contribution in [0.4, 0.5) is 0 Å². The van der Waals surface area contributed by atoms with E-state index in [1.807, 2.05) is 30.9 Å². The van der Waals surface area contributed by atoms with E-state index in [1.54, 1.807) is 0 Å². The Morgan fingerprint density at radius 1 is 1.11 bits per heavy atom. The van der Waals surface area contributed by atoms with E-state index in [2.05, 4.69) is 30.9 Å². The van der Waals surface area contributed by atoms with Crippen LogP contribution < -0.4 is 10.5 Å². The number of carbonyl (C=O) groups is 1. The van der Waals surface area contributed by atoms with Crippen molar-refractivity contribution in [2.24, 2.45) is 11.1 Å². The lowest BCUT2D eigenvalue weighted by atomic mass is 9.54. The van der Waals surface area contributed by atoms with E-state index in [0.717, 1.165) is 38.5 Å². The minimum atomic E-state index is -0.815. The van der Waals surface area contributed by atoms with Gasteiger partial charge in [0.25, 0.3) is 0 Å². The van der Waals surface area contributed by atoms with Crippen molar-refractivity contribution in [3.05, 3.63) is 29.8 Å². The Labute approximate surface area is 169 Å². The van der Waals surface area contributed by atoms with Gasteiger partial charge in [0.15, 0.2) is 0 Å². The number of amides is 1. The monoisotopic (exact) mass is 389 g/mol. The van der Waals surface area contributed by atoms with Gasteiger partial charge in [0.1, 0.15) is 11.3 Å². The second-order valence-corrected chi connectivity index (χ2v) is 8.49. The first-order valence-electron chi connectivity index (χ1n) is 10.5. The van der Waals surface area contributed by atoms with Crippen molar-refractivity contribution in [3.8, 4) is 5.75 Å². The van der Waals surface area contributed by atoms with Crippen molar-refractivity contribution in [1.29, 1.82) is 0 Å². The number of piperazine rings is 1. The van der Waals surface area contributed by atoms with Gasteiger partial charge in [-0.1, -0.05) is 26.0 Å². The molecule has 0 spiro atoms. The molecule has 2 unspecified atom stereocenters. The summed E-state index contributed by atoms with van der Waals surface area (Å²) < 4.78 is 11.3. The fourth-order valence-corrected chi connectivity index (χ4v) is 4.31. The maximum atomic E-state index is 13.1. The Bertz CT molecular complexity index is 668. The molecular weight excluding hydrogens is 354 g/mol. The third-order valence-electron chi connectivity index (χ3n) is 6.51. The summed E-state index contributed by atoms with van der Waals surface area (Å²) in [6.07, 6.45) is 0.673. The van der Waals surface area contributed by atoms with Crippen LogP contribution in [0, 0.1) is 5.41 Å². The van der Waals surface area contributed by atoms with Gasteiger partial charge in [0, 0.05) is 51.2 Å². The highest BCUT2D eigenvalue weighted by molar-refractivity contribution is 5.89. The summed E-state index contributed by atoms with van der Waals surface area (Å²) in [6, 6.07) is 8.26. The molecule has 6 nitrogen and oxygen atoms in total. The van der Waals surface area contributed by atoms with Crippen LogP contribution in [0.1, 0.15) is 39.7 Å². The van der Waals surface area contributed by atoms with E-state index in [0.29, 0.717) is 19.6 Å². The molecule has 2 aliphatic rings. The second kappa shape index (κ2) is 8.39. The zero-order chi connectivity index (χ0) is 20.4. The minimum absolute atomic E-state index is 0.0624. The fraction of sp³-hybridized carbons (Fsp3) is 0.682. The lowest BCUT2D eigenvalue weighted by Gasteiger charge is -2.59. The fourth-order valence-electron chi connectivity index (χ4n) is 4.31. The van der Waals surface area contributed by atoms with Crippen molar-refractivity contribution in [3.63, 3.8) is 0 Å². The number of rotatable bonds is 7. The van der Waals surface area contributed by atoms with E-state index >= 15 is 0 Å². The minimum Gasteiger partial charge on any atom is -0.494 e. The standard InChI is InChI=1S/C22H35N3O3/c1-5-27-18-9-7-17(8-10-18)16-24-11-13-25(14-12-24)20(26)22(23)15-19(28-6-2)21(22,3)4/h7-10,19H,5-6,11-16,23H2,1-4H3. The highest BCUT2D eigenvalue weighted by atomic mass is 16.5. The van der Waals surface area contributed by atoms with Gasteiger partial charge < -0.3 is 20.1 Å². The van der Waals surface area contributed by atoms with Gasteiger partial charge in [-0.3, -0.25) is 9.69 Å². The summed E-state index contributed by atoms with van der Waals surface area (Å²) in [5.74, 6) is 0.984. The zero-order valence-electron chi connectivity index (χ0n) is 17.7. The quantitative estimate of drug-likeness (QED) is 0.775. The molecule has 1 aliphatic heterocycles. The molecule has 2 atom stereocenters. The summed E-state index contributed by atoms with van der Waals surface area (Å²) in [5, 5.41) is 0. The average molecular weight is 390 g/mol. The summed E-state index contributed by atoms with van der Waals surface area (Å²) in [4.78, 5) is 17.5. The molecule has 28 heavy (non-hydrogen) atoms. The van der Waals surface area contributed by atoms with E-state index in [9.17, 15) is 4.79 Å². The molecule has 0 radical (unpaired) electrons. The SMILES string of the molecule is CCOc1ccc(CN2CCN(C(=O)C3(N)CC(OCC)C3(C)C)CC2)cc1. The second-order valence-electron chi connectivity index (χ2n) is 8.49. The number of carbonyl (C=O) groups excluding carboxylic acids is 1. The highest BCUT2D eigenvalue weighted by Gasteiger charge is 2.63. The lowest BCUT2D eigenvalue weighted by Crippen LogP contribution is -2.76. The van der Waals surface area contributed by atoms with Crippen LogP contribution in [0.15, 0.2) is 24.3 Å². The van der Waals surface area contributed by atoms with E-state index in [4.69, 9.17) is 15.2 Å². The molecule has 1 saturated carbocycles. The van der Waals surface area contributed by atoms with Gasteiger partial charge in [-0.05, 0) is 31.5 Å². The van der Waals surface area contributed by atoms with Crippen molar-refractivity contribution in [2.75, 3.05) is 39.4 Å². The Morgan fingerprint density at radius 2 is 1.75 bits per heavy atom. The molecule has 156 valence electrons. The van der Waals surface area contributed by atoms with Crippen LogP contribution in [0.2, 0.25) is 0 Å². The van der Waals surface area contributed by atoms with Crippen LogP contribution in [0.3, 0.4) is 0 Å². The maximum absolute atomic E-state index is 13.1. The van der Waals surface area contributed by atoms with Gasteiger partial charge in [0.2, 0.25) is 5.91 Å². The zero-order valence-corrected chi connectivity index (χ0v) is 17.7. The summed E-state index contributed by atoms with van der Waals surface area (Å²) >= 11 is 0.